The lowest BCUT2D eigenvalue weighted by Gasteiger charge is -2.17. The summed E-state index contributed by atoms with van der Waals surface area (Å²) in [6, 6.07) is 8.19. The van der Waals surface area contributed by atoms with Crippen LogP contribution in [0.1, 0.15) is 20.3 Å². The summed E-state index contributed by atoms with van der Waals surface area (Å²) in [4.78, 5) is 14.1. The number of aromatic nitrogens is 2. The lowest BCUT2D eigenvalue weighted by molar-refractivity contribution is 0.197. The van der Waals surface area contributed by atoms with Crippen LogP contribution < -0.4 is 10.1 Å². The van der Waals surface area contributed by atoms with Crippen LogP contribution in [0.25, 0.3) is 5.69 Å². The van der Waals surface area contributed by atoms with Gasteiger partial charge in [-0.2, -0.15) is 4.68 Å². The molecule has 8 heteroatoms. The van der Waals surface area contributed by atoms with Crippen LogP contribution >= 0.6 is 11.6 Å². The van der Waals surface area contributed by atoms with Gasteiger partial charge in [0.25, 0.3) is 0 Å². The molecule has 2 N–H and O–H groups in total. The number of hydrogen-bond acceptors (Lipinski definition) is 5. The lowest BCUT2D eigenvalue weighted by atomic mass is 10.3. The molecule has 0 bridgehead atoms. The number of aromatic hydroxyl groups is 1. The number of hydrogen-bond donors (Lipinski definition) is 2. The predicted octanol–water partition coefficient (Wildman–Crippen LogP) is 3.05. The Balaban J connectivity index is 1.88. The normalized spacial score (nSPS) is 10.9. The van der Waals surface area contributed by atoms with Crippen LogP contribution in [0, 0.1) is 0 Å². The number of benzene rings is 1. The van der Waals surface area contributed by atoms with E-state index in [1.165, 1.54) is 10.7 Å². The Morgan fingerprint density at radius 3 is 2.76 bits per heavy atom. The molecule has 0 spiro atoms. The third-order valence-electron chi connectivity index (χ3n) is 3.76. The van der Waals surface area contributed by atoms with Crippen molar-refractivity contribution in [3.05, 3.63) is 35.4 Å². The number of para-hydroxylation sites is 1. The summed E-state index contributed by atoms with van der Waals surface area (Å²) in [5.41, 5.74) is 0.496. The minimum absolute atomic E-state index is 0.00124. The zero-order valence-electron chi connectivity index (χ0n) is 14.4. The molecule has 0 saturated carbocycles. The first-order valence-electron chi connectivity index (χ1n) is 8.27. The maximum absolute atomic E-state index is 11.8. The van der Waals surface area contributed by atoms with Crippen LogP contribution in [-0.2, 0) is 0 Å². The van der Waals surface area contributed by atoms with E-state index in [0.717, 1.165) is 26.1 Å². The number of halogens is 1. The van der Waals surface area contributed by atoms with Gasteiger partial charge in [0.05, 0.1) is 16.8 Å². The third kappa shape index (κ3) is 5.37. The summed E-state index contributed by atoms with van der Waals surface area (Å²) in [5, 5.41) is 17.1. The zero-order chi connectivity index (χ0) is 18.2. The van der Waals surface area contributed by atoms with Crippen LogP contribution in [0.2, 0.25) is 5.02 Å². The van der Waals surface area contributed by atoms with Gasteiger partial charge < -0.3 is 20.1 Å². The van der Waals surface area contributed by atoms with Gasteiger partial charge in [0.1, 0.15) is 0 Å². The van der Waals surface area contributed by atoms with Crippen molar-refractivity contribution in [2.24, 2.45) is 0 Å². The highest BCUT2D eigenvalue weighted by atomic mass is 35.5. The van der Waals surface area contributed by atoms with E-state index < -0.39 is 6.09 Å². The van der Waals surface area contributed by atoms with Gasteiger partial charge in [-0.05, 0) is 38.2 Å². The second kappa shape index (κ2) is 9.29. The third-order valence-corrected chi connectivity index (χ3v) is 4.08. The minimum atomic E-state index is -0.608. The fraction of sp³-hybridized carbons (Fsp3) is 0.412. The summed E-state index contributed by atoms with van der Waals surface area (Å²) in [6.07, 6.45) is 0.221. The number of nitrogens with one attached hydrogen (secondary N) is 1. The quantitative estimate of drug-likeness (QED) is 0.702. The molecule has 0 unspecified atom stereocenters. The average molecular weight is 367 g/mol. The molecule has 0 saturated heterocycles. The predicted molar refractivity (Wildman–Crippen MR) is 96.7 cm³/mol. The summed E-state index contributed by atoms with van der Waals surface area (Å²) in [6.45, 7) is 7.60. The molecule has 0 aliphatic heterocycles. The van der Waals surface area contributed by atoms with E-state index in [1.807, 2.05) is 0 Å². The van der Waals surface area contributed by atoms with Crippen molar-refractivity contribution in [2.45, 2.75) is 20.3 Å². The second-order valence-electron chi connectivity index (χ2n) is 5.40. The van der Waals surface area contributed by atoms with E-state index in [1.54, 1.807) is 24.3 Å². The van der Waals surface area contributed by atoms with Crippen LogP contribution in [0.15, 0.2) is 30.3 Å². The highest BCUT2D eigenvalue weighted by Crippen LogP contribution is 2.26. The summed E-state index contributed by atoms with van der Waals surface area (Å²) in [5.74, 6) is -0.170. The number of carbonyl (C=O) groups is 1. The zero-order valence-corrected chi connectivity index (χ0v) is 15.2. The fourth-order valence-electron chi connectivity index (χ4n) is 2.36. The molecule has 0 atom stereocenters. The average Bonchev–Trinajstić information content (AvgIpc) is 2.95. The molecule has 2 aromatic rings. The molecule has 0 fully saturated rings. The largest absolute Gasteiger partial charge is 0.493 e. The molecule has 1 heterocycles. The van der Waals surface area contributed by atoms with E-state index in [2.05, 4.69) is 29.2 Å². The van der Waals surface area contributed by atoms with Gasteiger partial charge in [-0.25, -0.2) is 4.79 Å². The van der Waals surface area contributed by atoms with Crippen molar-refractivity contribution < 1.29 is 14.6 Å². The summed E-state index contributed by atoms with van der Waals surface area (Å²) < 4.78 is 6.31. The van der Waals surface area contributed by atoms with Crippen LogP contribution in [0.5, 0.6) is 11.8 Å². The monoisotopic (exact) mass is 366 g/mol. The topological polar surface area (TPSA) is 79.6 Å². The molecular formula is C17H23ClN4O3. The summed E-state index contributed by atoms with van der Waals surface area (Å²) >= 11 is 6.08. The molecule has 0 aliphatic carbocycles. The molecule has 136 valence electrons. The van der Waals surface area contributed by atoms with E-state index in [4.69, 9.17) is 16.3 Å². The van der Waals surface area contributed by atoms with Gasteiger partial charge in [0, 0.05) is 6.54 Å². The van der Waals surface area contributed by atoms with Gasteiger partial charge in [-0.3, -0.25) is 0 Å². The maximum atomic E-state index is 11.8. The minimum Gasteiger partial charge on any atom is -0.493 e. The van der Waals surface area contributed by atoms with Gasteiger partial charge in [0.15, 0.2) is 0 Å². The molecule has 25 heavy (non-hydrogen) atoms. The van der Waals surface area contributed by atoms with Crippen molar-refractivity contribution in [3.63, 3.8) is 0 Å². The Labute approximate surface area is 152 Å². The molecule has 0 radical (unpaired) electrons. The van der Waals surface area contributed by atoms with Gasteiger partial charge in [0.2, 0.25) is 11.8 Å². The Bertz CT molecular complexity index is 701. The van der Waals surface area contributed by atoms with E-state index in [9.17, 15) is 9.90 Å². The molecule has 7 nitrogen and oxygen atoms in total. The van der Waals surface area contributed by atoms with Gasteiger partial charge >= 0.3 is 6.09 Å². The van der Waals surface area contributed by atoms with Crippen molar-refractivity contribution >= 4 is 17.7 Å². The first-order valence-corrected chi connectivity index (χ1v) is 8.64. The number of amides is 1. The number of carbonyl (C=O) groups excluding carboxylic acids is 1. The molecule has 2 rings (SSSR count). The molecule has 1 aromatic heterocycles. The fourth-order valence-corrected chi connectivity index (χ4v) is 2.58. The molecule has 1 amide bonds. The number of rotatable bonds is 8. The van der Waals surface area contributed by atoms with Gasteiger partial charge in [-0.1, -0.05) is 37.6 Å². The van der Waals surface area contributed by atoms with Gasteiger partial charge in [-0.15, -0.1) is 5.10 Å². The number of ether oxygens (including phenoxy) is 1. The standard InChI is InChI=1S/C17H23ClN4O3/c1-3-21(4-2)11-7-10-19-17(24)25-15-12-16(23)22(20-15)14-9-6-5-8-13(14)18/h5-6,8-9,12,23H,3-4,7,10-11H2,1-2H3,(H,19,24). The molecule has 0 aliphatic rings. The highest BCUT2D eigenvalue weighted by molar-refractivity contribution is 6.32. The summed E-state index contributed by atoms with van der Waals surface area (Å²) in [7, 11) is 0. The first kappa shape index (κ1) is 19.1. The molecule has 1 aromatic carbocycles. The SMILES string of the molecule is CCN(CC)CCCNC(=O)Oc1cc(O)n(-c2ccccc2Cl)n1. The van der Waals surface area contributed by atoms with Crippen LogP contribution in [0.3, 0.4) is 0 Å². The smallest absolute Gasteiger partial charge is 0.413 e. The van der Waals surface area contributed by atoms with Crippen molar-refractivity contribution in [3.8, 4) is 17.4 Å². The van der Waals surface area contributed by atoms with E-state index in [0.29, 0.717) is 17.3 Å². The highest BCUT2D eigenvalue weighted by Gasteiger charge is 2.14. The first-order chi connectivity index (χ1) is 12.0. The Morgan fingerprint density at radius 2 is 2.08 bits per heavy atom. The Morgan fingerprint density at radius 1 is 1.36 bits per heavy atom. The van der Waals surface area contributed by atoms with E-state index >= 15 is 0 Å². The van der Waals surface area contributed by atoms with E-state index in [-0.39, 0.29) is 11.8 Å². The lowest BCUT2D eigenvalue weighted by Crippen LogP contribution is -2.31. The number of nitrogens with zero attached hydrogens (tertiary/aromatic N) is 3. The van der Waals surface area contributed by atoms with Crippen molar-refractivity contribution in [1.82, 2.24) is 20.0 Å². The molecular weight excluding hydrogens is 344 g/mol. The Kier molecular flexibility index (Phi) is 7.09. The van der Waals surface area contributed by atoms with Crippen LogP contribution in [-0.4, -0.2) is 52.1 Å². The van der Waals surface area contributed by atoms with Crippen molar-refractivity contribution in [2.75, 3.05) is 26.2 Å². The second-order valence-corrected chi connectivity index (χ2v) is 5.81. The Hall–Kier alpha value is -2.25. The maximum Gasteiger partial charge on any atom is 0.413 e. The van der Waals surface area contributed by atoms with Crippen molar-refractivity contribution in [1.29, 1.82) is 0 Å². The van der Waals surface area contributed by atoms with Crippen LogP contribution in [0.4, 0.5) is 4.79 Å².